The maximum atomic E-state index is 5.52. The Morgan fingerprint density at radius 1 is 1.12 bits per heavy atom. The van der Waals surface area contributed by atoms with E-state index >= 15 is 0 Å². The average molecular weight is 329 g/mol. The summed E-state index contributed by atoms with van der Waals surface area (Å²) in [6, 6.07) is 17.0. The van der Waals surface area contributed by atoms with Crippen molar-refractivity contribution in [1.82, 2.24) is 19.7 Å². The van der Waals surface area contributed by atoms with Crippen molar-refractivity contribution < 1.29 is 4.74 Å². The van der Waals surface area contributed by atoms with Crippen molar-refractivity contribution in [3.8, 4) is 28.3 Å². The molecule has 0 aliphatic rings. The quantitative estimate of drug-likeness (QED) is 0.570. The van der Waals surface area contributed by atoms with Crippen LogP contribution in [0.15, 0.2) is 55.0 Å². The molecule has 0 amide bonds. The first-order valence-electron chi connectivity index (χ1n) is 8.15. The van der Waals surface area contributed by atoms with E-state index in [1.165, 1.54) is 0 Å². The third kappa shape index (κ3) is 2.85. The SMILES string of the molecule is CCOc1[c]cc2c(-c3cn(C)nc3-c3ccccc3)ncnc2c1. The Hall–Kier alpha value is -3.21. The standard InChI is InChI=1S/C20H17N4O/c1-3-25-15-9-10-16-18(11-15)21-13-22-20(16)17-12-24(2)23-19(17)14-7-5-4-6-8-14/h4-8,10-13H,3H2,1-2H3. The zero-order chi connectivity index (χ0) is 17.2. The fraction of sp³-hybridized carbons (Fsp3) is 0.150. The van der Waals surface area contributed by atoms with E-state index in [1.807, 2.05) is 55.2 Å². The zero-order valence-corrected chi connectivity index (χ0v) is 14.1. The minimum absolute atomic E-state index is 0.598. The second-order valence-corrected chi connectivity index (χ2v) is 5.68. The second kappa shape index (κ2) is 6.36. The first kappa shape index (κ1) is 15.3. The summed E-state index contributed by atoms with van der Waals surface area (Å²) in [5.41, 5.74) is 4.60. The monoisotopic (exact) mass is 329 g/mol. The molecule has 0 atom stereocenters. The molecular formula is C20H17N4O. The Morgan fingerprint density at radius 3 is 2.76 bits per heavy atom. The van der Waals surface area contributed by atoms with Gasteiger partial charge in [0.15, 0.2) is 0 Å². The van der Waals surface area contributed by atoms with Crippen LogP contribution in [0.3, 0.4) is 0 Å². The summed E-state index contributed by atoms with van der Waals surface area (Å²) in [7, 11) is 1.92. The van der Waals surface area contributed by atoms with Crippen molar-refractivity contribution in [2.24, 2.45) is 7.05 Å². The normalized spacial score (nSPS) is 11.0. The molecule has 0 unspecified atom stereocenters. The maximum absolute atomic E-state index is 5.52. The first-order valence-corrected chi connectivity index (χ1v) is 8.15. The van der Waals surface area contributed by atoms with Gasteiger partial charge in [0.2, 0.25) is 0 Å². The molecule has 0 saturated heterocycles. The van der Waals surface area contributed by atoms with E-state index in [1.54, 1.807) is 6.33 Å². The number of nitrogens with zero attached hydrogens (tertiary/aromatic N) is 4. The van der Waals surface area contributed by atoms with Crippen molar-refractivity contribution >= 4 is 10.9 Å². The topological polar surface area (TPSA) is 52.8 Å². The van der Waals surface area contributed by atoms with Crippen LogP contribution >= 0.6 is 0 Å². The van der Waals surface area contributed by atoms with Gasteiger partial charge in [-0.2, -0.15) is 5.10 Å². The van der Waals surface area contributed by atoms with Crippen LogP contribution in [0, 0.1) is 6.07 Å². The number of ether oxygens (including phenoxy) is 1. The highest BCUT2D eigenvalue weighted by Gasteiger charge is 2.16. The van der Waals surface area contributed by atoms with E-state index in [0.717, 1.165) is 33.4 Å². The van der Waals surface area contributed by atoms with Gasteiger partial charge in [-0.3, -0.25) is 4.68 Å². The predicted octanol–water partition coefficient (Wildman–Crippen LogP) is 3.90. The molecule has 0 fully saturated rings. The van der Waals surface area contributed by atoms with E-state index in [2.05, 4.69) is 33.3 Å². The number of hydrogen-bond acceptors (Lipinski definition) is 4. The lowest BCUT2D eigenvalue weighted by Gasteiger charge is -2.07. The van der Waals surface area contributed by atoms with Crippen molar-refractivity contribution in [3.05, 3.63) is 61.1 Å². The van der Waals surface area contributed by atoms with Gasteiger partial charge >= 0.3 is 0 Å². The van der Waals surface area contributed by atoms with Crippen molar-refractivity contribution in [2.45, 2.75) is 6.92 Å². The predicted molar refractivity (Wildman–Crippen MR) is 97.2 cm³/mol. The van der Waals surface area contributed by atoms with Gasteiger partial charge in [0.1, 0.15) is 17.8 Å². The van der Waals surface area contributed by atoms with E-state index in [9.17, 15) is 0 Å². The minimum Gasteiger partial charge on any atom is -0.493 e. The fourth-order valence-electron chi connectivity index (χ4n) is 2.90. The van der Waals surface area contributed by atoms with Gasteiger partial charge in [-0.05, 0) is 13.0 Å². The highest BCUT2D eigenvalue weighted by Crippen LogP contribution is 2.34. The van der Waals surface area contributed by atoms with Gasteiger partial charge < -0.3 is 4.74 Å². The van der Waals surface area contributed by atoms with Gasteiger partial charge in [-0.25, -0.2) is 9.97 Å². The summed E-state index contributed by atoms with van der Waals surface area (Å²) < 4.78 is 7.33. The highest BCUT2D eigenvalue weighted by atomic mass is 16.5. The molecular weight excluding hydrogens is 312 g/mol. The number of aryl methyl sites for hydroxylation is 1. The van der Waals surface area contributed by atoms with Crippen molar-refractivity contribution in [3.63, 3.8) is 0 Å². The lowest BCUT2D eigenvalue weighted by Crippen LogP contribution is -1.94. The lowest BCUT2D eigenvalue weighted by atomic mass is 10.0. The Balaban J connectivity index is 1.91. The van der Waals surface area contributed by atoms with Gasteiger partial charge in [-0.1, -0.05) is 30.3 Å². The summed E-state index contributed by atoms with van der Waals surface area (Å²) in [5, 5.41) is 5.56. The Kier molecular flexibility index (Phi) is 3.90. The average Bonchev–Trinajstić information content (AvgIpc) is 3.04. The molecule has 123 valence electrons. The van der Waals surface area contributed by atoms with Crippen LogP contribution in [-0.2, 0) is 7.05 Å². The summed E-state index contributed by atoms with van der Waals surface area (Å²) in [5.74, 6) is 0.689. The molecule has 2 aromatic heterocycles. The Bertz CT molecular complexity index is 1020. The van der Waals surface area contributed by atoms with Crippen LogP contribution in [-0.4, -0.2) is 26.4 Å². The summed E-state index contributed by atoms with van der Waals surface area (Å²) in [6.45, 7) is 2.55. The number of rotatable bonds is 4. The van der Waals surface area contributed by atoms with Crippen molar-refractivity contribution in [2.75, 3.05) is 6.61 Å². The Morgan fingerprint density at radius 2 is 1.96 bits per heavy atom. The largest absolute Gasteiger partial charge is 0.493 e. The second-order valence-electron chi connectivity index (χ2n) is 5.68. The first-order chi connectivity index (χ1) is 12.3. The van der Waals surface area contributed by atoms with Crippen LogP contribution in [0.5, 0.6) is 5.75 Å². The third-order valence-electron chi connectivity index (χ3n) is 3.97. The summed E-state index contributed by atoms with van der Waals surface area (Å²) in [4.78, 5) is 8.91. The van der Waals surface area contributed by atoms with Gasteiger partial charge in [0, 0.05) is 41.9 Å². The molecule has 4 aromatic rings. The Labute approximate surface area is 145 Å². The van der Waals surface area contributed by atoms with Gasteiger partial charge in [-0.15, -0.1) is 0 Å². The third-order valence-corrected chi connectivity index (χ3v) is 3.97. The number of benzene rings is 2. The number of aromatic nitrogens is 4. The fourth-order valence-corrected chi connectivity index (χ4v) is 2.90. The van der Waals surface area contributed by atoms with Gasteiger partial charge in [0.05, 0.1) is 17.8 Å². The number of fused-ring (bicyclic) bond motifs is 1. The van der Waals surface area contributed by atoms with Crippen molar-refractivity contribution in [1.29, 1.82) is 0 Å². The van der Waals surface area contributed by atoms with Crippen LogP contribution in [0.1, 0.15) is 6.92 Å². The van der Waals surface area contributed by atoms with E-state index in [-0.39, 0.29) is 0 Å². The molecule has 0 aliphatic carbocycles. The van der Waals surface area contributed by atoms with E-state index < -0.39 is 0 Å². The molecule has 5 nitrogen and oxygen atoms in total. The van der Waals surface area contributed by atoms with Gasteiger partial charge in [0.25, 0.3) is 0 Å². The van der Waals surface area contributed by atoms with E-state index in [0.29, 0.717) is 12.4 Å². The zero-order valence-electron chi connectivity index (χ0n) is 14.1. The summed E-state index contributed by atoms with van der Waals surface area (Å²) in [6.07, 6.45) is 3.57. The summed E-state index contributed by atoms with van der Waals surface area (Å²) >= 11 is 0. The molecule has 0 aliphatic heterocycles. The smallest absolute Gasteiger partial charge is 0.129 e. The molecule has 0 N–H and O–H groups in total. The lowest BCUT2D eigenvalue weighted by molar-refractivity contribution is 0.340. The molecule has 0 spiro atoms. The molecule has 2 aromatic carbocycles. The van der Waals surface area contributed by atoms with Crippen LogP contribution in [0.2, 0.25) is 0 Å². The molecule has 2 heterocycles. The van der Waals surface area contributed by atoms with E-state index in [4.69, 9.17) is 4.74 Å². The molecule has 0 saturated carbocycles. The number of hydrogen-bond donors (Lipinski definition) is 0. The minimum atomic E-state index is 0.598. The van der Waals surface area contributed by atoms with Crippen LogP contribution < -0.4 is 4.74 Å². The highest BCUT2D eigenvalue weighted by molar-refractivity contribution is 5.96. The van der Waals surface area contributed by atoms with Crippen LogP contribution in [0.4, 0.5) is 0 Å². The molecule has 5 heteroatoms. The van der Waals surface area contributed by atoms with Crippen LogP contribution in [0.25, 0.3) is 33.4 Å². The molecule has 0 bridgehead atoms. The molecule has 25 heavy (non-hydrogen) atoms. The maximum Gasteiger partial charge on any atom is 0.129 e. The molecule has 1 radical (unpaired) electrons. The molecule has 4 rings (SSSR count).